The molecule has 2 aliphatic carbocycles. The van der Waals surface area contributed by atoms with Gasteiger partial charge in [0.1, 0.15) is 0 Å². The van der Waals surface area contributed by atoms with Gasteiger partial charge in [-0.05, 0) is 36.3 Å². The van der Waals surface area contributed by atoms with Crippen LogP contribution >= 0.6 is 0 Å². The van der Waals surface area contributed by atoms with Crippen LogP contribution in [0.1, 0.15) is 25.1 Å². The zero-order valence-electron chi connectivity index (χ0n) is 8.35. The summed E-state index contributed by atoms with van der Waals surface area (Å²) in [6, 6.07) is 0.712. The van der Waals surface area contributed by atoms with Gasteiger partial charge in [0.05, 0.1) is 13.6 Å². The zero-order chi connectivity index (χ0) is 9.54. The maximum absolute atomic E-state index is 4.14. The molecule has 0 aliphatic heterocycles. The van der Waals surface area contributed by atoms with Crippen LogP contribution in [-0.2, 0) is 13.6 Å². The molecule has 0 saturated heterocycles. The van der Waals surface area contributed by atoms with Crippen molar-refractivity contribution in [3.63, 3.8) is 0 Å². The van der Waals surface area contributed by atoms with Gasteiger partial charge in [-0.1, -0.05) is 0 Å². The van der Waals surface area contributed by atoms with E-state index < -0.39 is 0 Å². The van der Waals surface area contributed by atoms with Gasteiger partial charge in [-0.25, -0.2) is 0 Å². The second kappa shape index (κ2) is 3.02. The first-order valence-corrected chi connectivity index (χ1v) is 5.29. The fraction of sp³-hybridized carbons (Fsp3) is 0.889. The number of aromatic nitrogens is 4. The van der Waals surface area contributed by atoms with Crippen LogP contribution in [0.3, 0.4) is 0 Å². The van der Waals surface area contributed by atoms with Crippen LogP contribution < -0.4 is 5.32 Å². The fourth-order valence-electron chi connectivity index (χ4n) is 2.57. The largest absolute Gasteiger partial charge is 0.307 e. The van der Waals surface area contributed by atoms with Crippen molar-refractivity contribution in [2.45, 2.75) is 31.8 Å². The Hall–Kier alpha value is -0.970. The van der Waals surface area contributed by atoms with Crippen LogP contribution in [0.25, 0.3) is 0 Å². The Morgan fingerprint density at radius 2 is 2.43 bits per heavy atom. The first-order chi connectivity index (χ1) is 6.83. The number of nitrogens with one attached hydrogen (secondary N) is 1. The highest BCUT2D eigenvalue weighted by Crippen LogP contribution is 2.51. The van der Waals surface area contributed by atoms with Crippen molar-refractivity contribution in [2.75, 3.05) is 0 Å². The summed E-state index contributed by atoms with van der Waals surface area (Å²) in [4.78, 5) is 1.51. The lowest BCUT2D eigenvalue weighted by molar-refractivity contribution is 0.466. The van der Waals surface area contributed by atoms with Gasteiger partial charge in [0.15, 0.2) is 5.82 Å². The molecule has 0 spiro atoms. The summed E-state index contributed by atoms with van der Waals surface area (Å²) >= 11 is 0. The summed E-state index contributed by atoms with van der Waals surface area (Å²) < 4.78 is 0. The summed E-state index contributed by atoms with van der Waals surface area (Å²) in [5, 5.41) is 15.4. The number of rotatable bonds is 3. The first-order valence-electron chi connectivity index (χ1n) is 5.29. The van der Waals surface area contributed by atoms with Crippen molar-refractivity contribution in [3.8, 4) is 0 Å². The van der Waals surface area contributed by atoms with Crippen molar-refractivity contribution >= 4 is 0 Å². The summed E-state index contributed by atoms with van der Waals surface area (Å²) in [6.07, 6.45) is 4.18. The van der Waals surface area contributed by atoms with Gasteiger partial charge < -0.3 is 5.32 Å². The lowest BCUT2D eigenvalue weighted by atomic mass is 10.2. The molecule has 5 nitrogen and oxygen atoms in total. The van der Waals surface area contributed by atoms with Gasteiger partial charge in [0.2, 0.25) is 0 Å². The SMILES string of the molecule is Cn1nnc(CNC2CC[C@@H]3C[C@H]23)n1. The number of tetrazole rings is 1. The highest BCUT2D eigenvalue weighted by Gasteiger charge is 2.47. The Balaban J connectivity index is 1.54. The summed E-state index contributed by atoms with van der Waals surface area (Å²) in [7, 11) is 1.79. The molecule has 0 radical (unpaired) electrons. The predicted molar refractivity (Wildman–Crippen MR) is 50.3 cm³/mol. The highest BCUT2D eigenvalue weighted by atomic mass is 15.6. The van der Waals surface area contributed by atoms with Gasteiger partial charge in [0, 0.05) is 6.04 Å². The first kappa shape index (κ1) is 8.35. The van der Waals surface area contributed by atoms with Crippen molar-refractivity contribution < 1.29 is 0 Å². The molecule has 14 heavy (non-hydrogen) atoms. The minimum atomic E-state index is 0.712. The number of hydrogen-bond acceptors (Lipinski definition) is 4. The molecule has 5 heteroatoms. The van der Waals surface area contributed by atoms with Crippen molar-refractivity contribution in [3.05, 3.63) is 5.82 Å². The summed E-state index contributed by atoms with van der Waals surface area (Å²) in [5.74, 6) is 2.78. The average Bonchev–Trinajstić information content (AvgIpc) is 2.66. The van der Waals surface area contributed by atoms with E-state index in [-0.39, 0.29) is 0 Å². The van der Waals surface area contributed by atoms with E-state index in [0.29, 0.717) is 6.04 Å². The normalized spacial score (nSPS) is 34.5. The third-order valence-electron chi connectivity index (χ3n) is 3.41. The van der Waals surface area contributed by atoms with Crippen LogP contribution in [0.4, 0.5) is 0 Å². The van der Waals surface area contributed by atoms with Gasteiger partial charge in [-0.15, -0.1) is 10.2 Å². The van der Waals surface area contributed by atoms with Gasteiger partial charge in [-0.2, -0.15) is 4.80 Å². The molecule has 0 bridgehead atoms. The summed E-state index contributed by atoms with van der Waals surface area (Å²) in [5.41, 5.74) is 0. The van der Waals surface area contributed by atoms with E-state index in [1.807, 2.05) is 0 Å². The van der Waals surface area contributed by atoms with Crippen molar-refractivity contribution in [2.24, 2.45) is 18.9 Å². The molecule has 1 heterocycles. The standard InChI is InChI=1S/C9H15N5/c1-14-12-9(11-13-14)5-10-8-3-2-6-4-7(6)8/h6-8,10H,2-5H2,1H3/t6-,7+,8?/m1/s1. The molecule has 0 amide bonds. The van der Waals surface area contributed by atoms with Crippen molar-refractivity contribution in [1.29, 1.82) is 0 Å². The Labute approximate surface area is 82.9 Å². The molecule has 76 valence electrons. The zero-order valence-corrected chi connectivity index (χ0v) is 8.35. The third-order valence-corrected chi connectivity index (χ3v) is 3.41. The fourth-order valence-corrected chi connectivity index (χ4v) is 2.57. The van der Waals surface area contributed by atoms with Crippen LogP contribution in [0.2, 0.25) is 0 Å². The van der Waals surface area contributed by atoms with Gasteiger partial charge in [-0.3, -0.25) is 0 Å². The minimum Gasteiger partial charge on any atom is -0.307 e. The molecule has 1 aromatic rings. The van der Waals surface area contributed by atoms with E-state index in [2.05, 4.69) is 20.7 Å². The van der Waals surface area contributed by atoms with Crippen LogP contribution in [0.5, 0.6) is 0 Å². The third kappa shape index (κ3) is 1.41. The van der Waals surface area contributed by atoms with Crippen LogP contribution in [0, 0.1) is 11.8 Å². The van der Waals surface area contributed by atoms with E-state index in [4.69, 9.17) is 0 Å². The molecule has 3 rings (SSSR count). The molecular formula is C9H15N5. The minimum absolute atomic E-state index is 0.712. The molecule has 0 aromatic carbocycles. The number of hydrogen-bond donors (Lipinski definition) is 1. The Morgan fingerprint density at radius 3 is 3.00 bits per heavy atom. The number of fused-ring (bicyclic) bond motifs is 1. The maximum Gasteiger partial charge on any atom is 0.188 e. The Bertz CT molecular complexity index is 334. The van der Waals surface area contributed by atoms with Gasteiger partial charge >= 0.3 is 0 Å². The van der Waals surface area contributed by atoms with E-state index >= 15 is 0 Å². The topological polar surface area (TPSA) is 55.6 Å². The Kier molecular flexibility index (Phi) is 1.80. The van der Waals surface area contributed by atoms with Crippen molar-refractivity contribution in [1.82, 2.24) is 25.5 Å². The van der Waals surface area contributed by atoms with E-state index in [9.17, 15) is 0 Å². The van der Waals surface area contributed by atoms with E-state index in [1.165, 1.54) is 24.1 Å². The maximum atomic E-state index is 4.14. The second-order valence-corrected chi connectivity index (χ2v) is 4.42. The number of nitrogens with zero attached hydrogens (tertiary/aromatic N) is 4. The molecule has 2 fully saturated rings. The molecule has 1 unspecified atom stereocenters. The van der Waals surface area contributed by atoms with Crippen LogP contribution in [-0.4, -0.2) is 26.2 Å². The van der Waals surface area contributed by atoms with Gasteiger partial charge in [0.25, 0.3) is 0 Å². The molecule has 1 aromatic heterocycles. The number of aryl methyl sites for hydroxylation is 1. The van der Waals surface area contributed by atoms with E-state index in [1.54, 1.807) is 7.05 Å². The quantitative estimate of drug-likeness (QED) is 0.739. The second-order valence-electron chi connectivity index (χ2n) is 4.42. The summed E-state index contributed by atoms with van der Waals surface area (Å²) in [6.45, 7) is 0.766. The molecule has 3 atom stereocenters. The highest BCUT2D eigenvalue weighted by molar-refractivity contribution is 5.01. The van der Waals surface area contributed by atoms with Crippen LogP contribution in [0.15, 0.2) is 0 Å². The Morgan fingerprint density at radius 1 is 1.50 bits per heavy atom. The molecule has 2 saturated carbocycles. The smallest absolute Gasteiger partial charge is 0.188 e. The van der Waals surface area contributed by atoms with E-state index in [0.717, 1.165) is 24.2 Å². The predicted octanol–water partition coefficient (Wildman–Crippen LogP) is 0.0982. The average molecular weight is 193 g/mol. The lowest BCUT2D eigenvalue weighted by Crippen LogP contribution is -2.28. The molecule has 1 N–H and O–H groups in total. The lowest BCUT2D eigenvalue weighted by Gasteiger charge is -2.11. The molecular weight excluding hydrogens is 178 g/mol. The molecule has 2 aliphatic rings. The monoisotopic (exact) mass is 193 g/mol.